The average Bonchev–Trinajstić information content (AvgIpc) is 2.46. The molecule has 0 unspecified atom stereocenters. The highest BCUT2D eigenvalue weighted by atomic mass is 16.2. The van der Waals surface area contributed by atoms with Gasteiger partial charge in [0.1, 0.15) is 5.56 Å². The van der Waals surface area contributed by atoms with Gasteiger partial charge in [0.2, 0.25) is 5.43 Å². The summed E-state index contributed by atoms with van der Waals surface area (Å²) in [7, 11) is 3.95. The molecule has 0 spiro atoms. The second-order valence-corrected chi connectivity index (χ2v) is 5.47. The minimum atomic E-state index is -0.365. The first kappa shape index (κ1) is 16.0. The van der Waals surface area contributed by atoms with Gasteiger partial charge in [-0.05, 0) is 33.2 Å². The van der Waals surface area contributed by atoms with E-state index in [1.807, 2.05) is 42.6 Å². The molecule has 0 aliphatic heterocycles. The van der Waals surface area contributed by atoms with E-state index in [4.69, 9.17) is 5.73 Å². The molecule has 1 amide bonds. The van der Waals surface area contributed by atoms with Crippen molar-refractivity contribution >= 4 is 22.5 Å². The molecule has 0 aliphatic carbocycles. The van der Waals surface area contributed by atoms with Gasteiger partial charge in [0.15, 0.2) is 0 Å². The summed E-state index contributed by atoms with van der Waals surface area (Å²) in [6, 6.07) is 5.35. The molecule has 118 valence electrons. The minimum absolute atomic E-state index is 0.131. The lowest BCUT2D eigenvalue weighted by molar-refractivity contribution is 0.0954. The largest absolute Gasteiger partial charge is 0.398 e. The zero-order valence-corrected chi connectivity index (χ0v) is 13.2. The van der Waals surface area contributed by atoms with E-state index >= 15 is 0 Å². The van der Waals surface area contributed by atoms with E-state index in [2.05, 4.69) is 5.32 Å². The van der Waals surface area contributed by atoms with Crippen molar-refractivity contribution in [1.82, 2.24) is 14.8 Å². The van der Waals surface area contributed by atoms with Crippen LogP contribution in [0.25, 0.3) is 10.9 Å². The lowest BCUT2D eigenvalue weighted by atomic mass is 10.1. The quantitative estimate of drug-likeness (QED) is 0.804. The molecule has 1 heterocycles. The molecule has 0 saturated carbocycles. The third-order valence-electron chi connectivity index (χ3n) is 3.51. The number of nitrogen functional groups attached to an aromatic ring is 1. The summed E-state index contributed by atoms with van der Waals surface area (Å²) in [6.45, 7) is 3.75. The van der Waals surface area contributed by atoms with Gasteiger partial charge in [-0.1, -0.05) is 6.07 Å². The Kier molecular flexibility index (Phi) is 4.82. The number of hydrogen-bond acceptors (Lipinski definition) is 4. The van der Waals surface area contributed by atoms with Crippen LogP contribution in [0.3, 0.4) is 0 Å². The number of pyridine rings is 1. The first-order valence-corrected chi connectivity index (χ1v) is 7.30. The second kappa shape index (κ2) is 6.62. The monoisotopic (exact) mass is 302 g/mol. The van der Waals surface area contributed by atoms with Crippen molar-refractivity contribution in [3.05, 3.63) is 40.2 Å². The molecule has 0 atom stereocenters. The Balaban J connectivity index is 2.67. The van der Waals surface area contributed by atoms with Gasteiger partial charge >= 0.3 is 0 Å². The average molecular weight is 302 g/mol. The molecule has 1 aromatic heterocycles. The van der Waals surface area contributed by atoms with Gasteiger partial charge in [0.05, 0.1) is 10.9 Å². The number of nitrogens with zero attached hydrogens (tertiary/aromatic N) is 2. The van der Waals surface area contributed by atoms with Gasteiger partial charge in [-0.15, -0.1) is 0 Å². The number of benzene rings is 1. The molecule has 6 heteroatoms. The number of carbonyl (C=O) groups is 1. The first-order valence-electron chi connectivity index (χ1n) is 7.30. The van der Waals surface area contributed by atoms with Crippen molar-refractivity contribution in [3.63, 3.8) is 0 Å². The number of fused-ring (bicyclic) bond motifs is 1. The zero-order valence-electron chi connectivity index (χ0n) is 13.2. The first-order chi connectivity index (χ1) is 10.5. The van der Waals surface area contributed by atoms with Crippen LogP contribution in [0.1, 0.15) is 17.3 Å². The van der Waals surface area contributed by atoms with Crippen molar-refractivity contribution in [2.24, 2.45) is 0 Å². The summed E-state index contributed by atoms with van der Waals surface area (Å²) >= 11 is 0. The number of carbonyl (C=O) groups excluding carboxylic acids is 1. The lowest BCUT2D eigenvalue weighted by Crippen LogP contribution is -2.30. The molecular weight excluding hydrogens is 280 g/mol. The molecule has 3 N–H and O–H groups in total. The SMILES string of the molecule is CCNC(=O)c1cn(CCN(C)C)c2cccc(N)c2c1=O. The van der Waals surface area contributed by atoms with Crippen molar-refractivity contribution in [2.75, 3.05) is 32.9 Å². The number of likely N-dealkylation sites (N-methyl/N-ethyl adjacent to an activating group) is 1. The molecule has 0 saturated heterocycles. The van der Waals surface area contributed by atoms with Crippen LogP contribution in [0, 0.1) is 0 Å². The third-order valence-corrected chi connectivity index (χ3v) is 3.51. The summed E-state index contributed by atoms with van der Waals surface area (Å²) in [5, 5.41) is 3.08. The highest BCUT2D eigenvalue weighted by Gasteiger charge is 2.16. The molecular formula is C16H22N4O2. The van der Waals surface area contributed by atoms with E-state index in [0.717, 1.165) is 12.1 Å². The number of rotatable bonds is 5. The van der Waals surface area contributed by atoms with Gasteiger partial charge < -0.3 is 20.5 Å². The molecule has 0 radical (unpaired) electrons. The molecule has 0 aliphatic rings. The number of anilines is 1. The van der Waals surface area contributed by atoms with Crippen LogP contribution in [0.5, 0.6) is 0 Å². The predicted molar refractivity (Wildman–Crippen MR) is 89.2 cm³/mol. The fourth-order valence-electron chi connectivity index (χ4n) is 2.37. The van der Waals surface area contributed by atoms with Gasteiger partial charge in [0.25, 0.3) is 5.91 Å². The van der Waals surface area contributed by atoms with Crippen LogP contribution < -0.4 is 16.5 Å². The summed E-state index contributed by atoms with van der Waals surface area (Å²) in [5.41, 5.74) is 6.93. The Labute approximate surface area is 129 Å². The Bertz CT molecular complexity index is 750. The molecule has 2 rings (SSSR count). The molecule has 0 fully saturated rings. The number of nitrogens with one attached hydrogen (secondary N) is 1. The molecule has 22 heavy (non-hydrogen) atoms. The molecule has 0 bridgehead atoms. The fraction of sp³-hybridized carbons (Fsp3) is 0.375. The molecule has 2 aromatic rings. The summed E-state index contributed by atoms with van der Waals surface area (Å²) in [6.07, 6.45) is 1.62. The maximum atomic E-state index is 12.6. The van der Waals surface area contributed by atoms with Gasteiger partial charge in [-0.25, -0.2) is 0 Å². The van der Waals surface area contributed by atoms with Crippen LogP contribution >= 0.6 is 0 Å². The van der Waals surface area contributed by atoms with E-state index in [1.54, 1.807) is 12.3 Å². The van der Waals surface area contributed by atoms with Crippen molar-refractivity contribution in [2.45, 2.75) is 13.5 Å². The zero-order chi connectivity index (χ0) is 16.3. The van der Waals surface area contributed by atoms with E-state index in [1.165, 1.54) is 0 Å². The lowest BCUT2D eigenvalue weighted by Gasteiger charge is -2.16. The van der Waals surface area contributed by atoms with Gasteiger partial charge in [0, 0.05) is 31.5 Å². The van der Waals surface area contributed by atoms with Crippen molar-refractivity contribution in [3.8, 4) is 0 Å². The number of hydrogen-bond donors (Lipinski definition) is 2. The van der Waals surface area contributed by atoms with E-state index in [-0.39, 0.29) is 16.9 Å². The maximum Gasteiger partial charge on any atom is 0.256 e. The number of amides is 1. The molecule has 6 nitrogen and oxygen atoms in total. The van der Waals surface area contributed by atoms with E-state index in [0.29, 0.717) is 24.2 Å². The Hall–Kier alpha value is -2.34. The van der Waals surface area contributed by atoms with Crippen LogP contribution in [-0.4, -0.2) is 42.6 Å². The maximum absolute atomic E-state index is 12.6. The number of aromatic nitrogens is 1. The fourth-order valence-corrected chi connectivity index (χ4v) is 2.37. The van der Waals surface area contributed by atoms with Crippen molar-refractivity contribution < 1.29 is 4.79 Å². The predicted octanol–water partition coefficient (Wildman–Crippen LogP) is 0.895. The van der Waals surface area contributed by atoms with Crippen LogP contribution in [-0.2, 0) is 6.54 Å². The minimum Gasteiger partial charge on any atom is -0.398 e. The van der Waals surface area contributed by atoms with Gasteiger partial charge in [-0.2, -0.15) is 0 Å². The van der Waals surface area contributed by atoms with Gasteiger partial charge in [-0.3, -0.25) is 9.59 Å². The highest BCUT2D eigenvalue weighted by molar-refractivity contribution is 6.00. The Morgan fingerprint density at radius 2 is 2.09 bits per heavy atom. The highest BCUT2D eigenvalue weighted by Crippen LogP contribution is 2.18. The second-order valence-electron chi connectivity index (χ2n) is 5.47. The smallest absolute Gasteiger partial charge is 0.256 e. The third kappa shape index (κ3) is 3.12. The van der Waals surface area contributed by atoms with Crippen molar-refractivity contribution in [1.29, 1.82) is 0 Å². The van der Waals surface area contributed by atoms with Crippen LogP contribution in [0.2, 0.25) is 0 Å². The summed E-state index contributed by atoms with van der Waals surface area (Å²) in [4.78, 5) is 26.8. The Morgan fingerprint density at radius 3 is 2.73 bits per heavy atom. The van der Waals surface area contributed by atoms with E-state index < -0.39 is 0 Å². The summed E-state index contributed by atoms with van der Waals surface area (Å²) < 4.78 is 1.91. The normalized spacial score (nSPS) is 11.1. The standard InChI is InChI=1S/C16H22N4O2/c1-4-18-16(22)11-10-20(9-8-19(2)3)13-7-5-6-12(17)14(13)15(11)21/h5-7,10H,4,8-9,17H2,1-3H3,(H,18,22). The van der Waals surface area contributed by atoms with Crippen LogP contribution in [0.4, 0.5) is 5.69 Å². The molecule has 1 aromatic carbocycles. The topological polar surface area (TPSA) is 80.4 Å². The van der Waals surface area contributed by atoms with E-state index in [9.17, 15) is 9.59 Å². The summed E-state index contributed by atoms with van der Waals surface area (Å²) in [5.74, 6) is -0.365. The van der Waals surface area contributed by atoms with Crippen LogP contribution in [0.15, 0.2) is 29.2 Å². The number of nitrogens with two attached hydrogens (primary N) is 1. The Morgan fingerprint density at radius 1 is 1.36 bits per heavy atom.